The van der Waals surface area contributed by atoms with E-state index in [1.165, 1.54) is 16.8 Å². The first-order chi connectivity index (χ1) is 11.6. The predicted molar refractivity (Wildman–Crippen MR) is 94.1 cm³/mol. The van der Waals surface area contributed by atoms with Gasteiger partial charge in [0.25, 0.3) is 0 Å². The molecule has 4 rings (SSSR count). The smallest absolute Gasteiger partial charge is 0.230 e. The van der Waals surface area contributed by atoms with Gasteiger partial charge in [-0.05, 0) is 56.7 Å². The van der Waals surface area contributed by atoms with Gasteiger partial charge in [-0.15, -0.1) is 0 Å². The van der Waals surface area contributed by atoms with Crippen LogP contribution in [0.4, 0.5) is 0 Å². The lowest BCUT2D eigenvalue weighted by Crippen LogP contribution is -2.43. The summed E-state index contributed by atoms with van der Waals surface area (Å²) in [6, 6.07) is 10.9. The van der Waals surface area contributed by atoms with Gasteiger partial charge in [0.2, 0.25) is 5.91 Å². The van der Waals surface area contributed by atoms with E-state index in [1.807, 2.05) is 6.92 Å². The van der Waals surface area contributed by atoms with Crippen molar-refractivity contribution >= 4 is 5.91 Å². The largest absolute Gasteiger partial charge is 0.340 e. The van der Waals surface area contributed by atoms with Crippen molar-refractivity contribution in [1.82, 2.24) is 14.7 Å². The summed E-state index contributed by atoms with van der Waals surface area (Å²) in [5.41, 5.74) is 4.84. The Morgan fingerprint density at radius 2 is 2.04 bits per heavy atom. The van der Waals surface area contributed by atoms with Gasteiger partial charge < -0.3 is 4.90 Å². The fourth-order valence-electron chi connectivity index (χ4n) is 4.40. The first-order valence-electron chi connectivity index (χ1n) is 9.03. The fraction of sp³-hybridized carbons (Fsp3) is 0.500. The summed E-state index contributed by atoms with van der Waals surface area (Å²) in [7, 11) is 0. The molecule has 1 aromatic heterocycles. The van der Waals surface area contributed by atoms with Crippen LogP contribution >= 0.6 is 0 Å². The van der Waals surface area contributed by atoms with Crippen LogP contribution in [0.25, 0.3) is 0 Å². The molecule has 2 aromatic rings. The van der Waals surface area contributed by atoms with Crippen LogP contribution in [0.1, 0.15) is 53.7 Å². The monoisotopic (exact) mass is 323 g/mol. The Labute approximate surface area is 143 Å². The summed E-state index contributed by atoms with van der Waals surface area (Å²) >= 11 is 0. The number of fused-ring (bicyclic) bond motifs is 1. The van der Waals surface area contributed by atoms with Crippen LogP contribution in [0.5, 0.6) is 0 Å². The summed E-state index contributed by atoms with van der Waals surface area (Å²) in [6.07, 6.45) is 4.15. The van der Waals surface area contributed by atoms with Crippen molar-refractivity contribution in [1.29, 1.82) is 0 Å². The molecule has 1 aliphatic heterocycles. The lowest BCUT2D eigenvalue weighted by molar-refractivity contribution is -0.134. The summed E-state index contributed by atoms with van der Waals surface area (Å²) in [5, 5.41) is 4.64. The Morgan fingerprint density at radius 1 is 1.21 bits per heavy atom. The van der Waals surface area contributed by atoms with Gasteiger partial charge >= 0.3 is 0 Å². The third-order valence-corrected chi connectivity index (χ3v) is 5.53. The second kappa shape index (κ2) is 6.08. The van der Waals surface area contributed by atoms with Crippen LogP contribution in [-0.2, 0) is 11.2 Å². The minimum Gasteiger partial charge on any atom is -0.340 e. The molecule has 0 bridgehead atoms. The van der Waals surface area contributed by atoms with E-state index in [0.717, 1.165) is 44.5 Å². The average molecular weight is 323 g/mol. The van der Waals surface area contributed by atoms with Gasteiger partial charge in [-0.3, -0.25) is 9.48 Å². The second-order valence-corrected chi connectivity index (χ2v) is 7.24. The zero-order valence-electron chi connectivity index (χ0n) is 14.5. The molecule has 2 aliphatic rings. The Kier molecular flexibility index (Phi) is 3.91. The van der Waals surface area contributed by atoms with Crippen molar-refractivity contribution in [3.63, 3.8) is 0 Å². The number of aromatic nitrogens is 2. The number of aryl methyl sites for hydroxylation is 3. The minimum atomic E-state index is 0.0559. The van der Waals surface area contributed by atoms with Crippen molar-refractivity contribution in [2.75, 3.05) is 13.1 Å². The third-order valence-electron chi connectivity index (χ3n) is 5.53. The molecular formula is C20H25N3O. The first kappa shape index (κ1) is 15.4. The Bertz CT molecular complexity index is 764. The zero-order chi connectivity index (χ0) is 16.7. The fourth-order valence-corrected chi connectivity index (χ4v) is 4.40. The molecule has 2 unspecified atom stereocenters. The number of piperidine rings is 1. The lowest BCUT2D eigenvalue weighted by atomic mass is 9.97. The van der Waals surface area contributed by atoms with Crippen LogP contribution in [0.15, 0.2) is 30.3 Å². The zero-order valence-corrected chi connectivity index (χ0v) is 14.5. The summed E-state index contributed by atoms with van der Waals surface area (Å²) < 4.78 is 2.12. The van der Waals surface area contributed by atoms with Gasteiger partial charge in [0.05, 0.1) is 17.7 Å². The molecule has 0 radical (unpaired) electrons. The van der Waals surface area contributed by atoms with E-state index in [2.05, 4.69) is 51.9 Å². The van der Waals surface area contributed by atoms with Crippen molar-refractivity contribution in [3.8, 4) is 0 Å². The SMILES string of the molecule is Cc1cc(C)n(C2CCCN(C(=O)C3CCc4ccccc43)C2)n1. The van der Waals surface area contributed by atoms with E-state index in [9.17, 15) is 4.79 Å². The van der Waals surface area contributed by atoms with Gasteiger partial charge in [-0.1, -0.05) is 24.3 Å². The minimum absolute atomic E-state index is 0.0559. The van der Waals surface area contributed by atoms with Gasteiger partial charge in [0.15, 0.2) is 0 Å². The normalized spacial score (nSPS) is 23.3. The van der Waals surface area contributed by atoms with Gasteiger partial charge in [-0.25, -0.2) is 0 Å². The standard InChI is InChI=1S/C20H25N3O/c1-14-12-15(2)23(21-14)17-7-5-11-22(13-17)20(24)19-10-9-16-6-3-4-8-18(16)19/h3-4,6,8,12,17,19H,5,7,9-11,13H2,1-2H3. The highest BCUT2D eigenvalue weighted by atomic mass is 16.2. The highest BCUT2D eigenvalue weighted by Gasteiger charge is 2.34. The van der Waals surface area contributed by atoms with Gasteiger partial charge in [-0.2, -0.15) is 5.10 Å². The number of rotatable bonds is 2. The molecule has 2 heterocycles. The van der Waals surface area contributed by atoms with Crippen LogP contribution in [0.3, 0.4) is 0 Å². The maximum absolute atomic E-state index is 13.1. The van der Waals surface area contributed by atoms with Crippen LogP contribution in [0.2, 0.25) is 0 Å². The lowest BCUT2D eigenvalue weighted by Gasteiger charge is -2.35. The second-order valence-electron chi connectivity index (χ2n) is 7.24. The van der Waals surface area contributed by atoms with Crippen molar-refractivity contribution in [2.45, 2.75) is 51.5 Å². The summed E-state index contributed by atoms with van der Waals surface area (Å²) in [6.45, 7) is 5.81. The van der Waals surface area contributed by atoms with E-state index < -0.39 is 0 Å². The average Bonchev–Trinajstić information content (AvgIpc) is 3.17. The molecule has 2 atom stereocenters. The number of likely N-dealkylation sites (tertiary alicyclic amines) is 1. The number of carbonyl (C=O) groups is 1. The molecule has 1 aromatic carbocycles. The molecule has 0 saturated carbocycles. The predicted octanol–water partition coefficient (Wildman–Crippen LogP) is 3.39. The molecule has 24 heavy (non-hydrogen) atoms. The van der Waals surface area contributed by atoms with Crippen LogP contribution in [0, 0.1) is 13.8 Å². The number of hydrogen-bond acceptors (Lipinski definition) is 2. The van der Waals surface area contributed by atoms with Crippen LogP contribution < -0.4 is 0 Å². The molecule has 4 heteroatoms. The third kappa shape index (κ3) is 2.64. The molecule has 0 spiro atoms. The van der Waals surface area contributed by atoms with E-state index in [0.29, 0.717) is 11.9 Å². The van der Waals surface area contributed by atoms with Crippen LogP contribution in [-0.4, -0.2) is 33.7 Å². The summed E-state index contributed by atoms with van der Waals surface area (Å²) in [4.78, 5) is 15.2. The Hall–Kier alpha value is -2.10. The van der Waals surface area contributed by atoms with E-state index >= 15 is 0 Å². The molecule has 1 fully saturated rings. The molecule has 126 valence electrons. The molecule has 4 nitrogen and oxygen atoms in total. The number of hydrogen-bond donors (Lipinski definition) is 0. The molecule has 1 saturated heterocycles. The van der Waals surface area contributed by atoms with Gasteiger partial charge in [0.1, 0.15) is 0 Å². The Morgan fingerprint density at radius 3 is 2.83 bits per heavy atom. The summed E-state index contributed by atoms with van der Waals surface area (Å²) in [5.74, 6) is 0.367. The number of benzene rings is 1. The topological polar surface area (TPSA) is 38.1 Å². The van der Waals surface area contributed by atoms with E-state index in [4.69, 9.17) is 0 Å². The maximum Gasteiger partial charge on any atom is 0.230 e. The van der Waals surface area contributed by atoms with Crippen molar-refractivity contribution in [3.05, 3.63) is 52.8 Å². The number of carbonyl (C=O) groups excluding carboxylic acids is 1. The molecule has 0 N–H and O–H groups in total. The number of amides is 1. The van der Waals surface area contributed by atoms with Crippen molar-refractivity contribution in [2.24, 2.45) is 0 Å². The molecule has 1 amide bonds. The van der Waals surface area contributed by atoms with E-state index in [-0.39, 0.29) is 5.92 Å². The Balaban J connectivity index is 1.52. The maximum atomic E-state index is 13.1. The molecule has 1 aliphatic carbocycles. The first-order valence-corrected chi connectivity index (χ1v) is 9.03. The van der Waals surface area contributed by atoms with E-state index in [1.54, 1.807) is 0 Å². The number of nitrogens with zero attached hydrogens (tertiary/aromatic N) is 3. The molecular weight excluding hydrogens is 298 g/mol. The highest BCUT2D eigenvalue weighted by Crippen LogP contribution is 2.35. The van der Waals surface area contributed by atoms with Gasteiger partial charge in [0, 0.05) is 18.8 Å². The quantitative estimate of drug-likeness (QED) is 0.849. The van der Waals surface area contributed by atoms with Crippen molar-refractivity contribution < 1.29 is 4.79 Å². The highest BCUT2D eigenvalue weighted by molar-refractivity contribution is 5.85.